The molecule has 0 spiro atoms. The lowest BCUT2D eigenvalue weighted by atomic mass is 9.94. The van der Waals surface area contributed by atoms with Crippen LogP contribution in [0.15, 0.2) is 231 Å². The Hall–Kier alpha value is -7.94. The van der Waals surface area contributed by atoms with Crippen LogP contribution in [0.1, 0.15) is 0 Å². The molecule has 280 valence electrons. The topological polar surface area (TPSA) is 8.17 Å². The van der Waals surface area contributed by atoms with Gasteiger partial charge in [-0.15, -0.1) is 0 Å². The van der Waals surface area contributed by atoms with Crippen LogP contribution in [0, 0.1) is 0 Å². The van der Waals surface area contributed by atoms with E-state index in [9.17, 15) is 0 Å². The Morgan fingerprint density at radius 2 is 0.883 bits per heavy atom. The van der Waals surface area contributed by atoms with Gasteiger partial charge >= 0.3 is 0 Å². The first-order valence-electron chi connectivity index (χ1n) is 20.7. The van der Waals surface area contributed by atoms with Gasteiger partial charge in [-0.3, -0.25) is 0 Å². The average Bonchev–Trinajstić information content (AvgIpc) is 3.66. The van der Waals surface area contributed by atoms with Crippen molar-refractivity contribution < 1.29 is 0 Å². The van der Waals surface area contributed by atoms with Crippen molar-refractivity contribution in [2.45, 2.75) is 0 Å². The molecule has 0 saturated carbocycles. The molecule has 0 aliphatic rings. The van der Waals surface area contributed by atoms with Crippen molar-refractivity contribution in [3.63, 3.8) is 0 Å². The summed E-state index contributed by atoms with van der Waals surface area (Å²) in [5, 5.41) is 12.3. The van der Waals surface area contributed by atoms with E-state index in [-0.39, 0.29) is 0 Å². The van der Waals surface area contributed by atoms with Crippen molar-refractivity contribution in [2.75, 3.05) is 4.90 Å². The summed E-state index contributed by atoms with van der Waals surface area (Å²) < 4.78 is 2.49. The van der Waals surface area contributed by atoms with Crippen molar-refractivity contribution in [1.82, 2.24) is 4.57 Å². The van der Waals surface area contributed by atoms with E-state index in [1.165, 1.54) is 87.1 Å². The molecule has 0 aliphatic carbocycles. The zero-order chi connectivity index (χ0) is 39.6. The Labute approximate surface area is 348 Å². The van der Waals surface area contributed by atoms with Crippen LogP contribution in [0.25, 0.3) is 92.8 Å². The van der Waals surface area contributed by atoms with Crippen molar-refractivity contribution in [1.29, 1.82) is 0 Å². The summed E-state index contributed by atoms with van der Waals surface area (Å²) in [7, 11) is 0. The summed E-state index contributed by atoms with van der Waals surface area (Å²) in [6.45, 7) is 0. The summed E-state index contributed by atoms with van der Waals surface area (Å²) in [4.78, 5) is 2.47. The predicted molar refractivity (Wildman–Crippen MR) is 256 cm³/mol. The van der Waals surface area contributed by atoms with Gasteiger partial charge < -0.3 is 9.47 Å². The lowest BCUT2D eigenvalue weighted by Gasteiger charge is -2.29. The maximum absolute atomic E-state index is 2.49. The van der Waals surface area contributed by atoms with E-state index in [1.54, 1.807) is 0 Å². The molecule has 2 heteroatoms. The highest BCUT2D eigenvalue weighted by Gasteiger charge is 2.22. The molecule has 12 aromatic rings. The fourth-order valence-corrected chi connectivity index (χ4v) is 9.68. The fourth-order valence-electron chi connectivity index (χ4n) is 9.68. The molecule has 0 bridgehead atoms. The van der Waals surface area contributed by atoms with Crippen LogP contribution in [0.5, 0.6) is 0 Å². The van der Waals surface area contributed by atoms with Crippen LogP contribution in [-0.4, -0.2) is 4.57 Å². The number of anilines is 3. The smallest absolute Gasteiger partial charge is 0.0548 e. The predicted octanol–water partition coefficient (Wildman–Crippen LogP) is 16.2. The first-order chi connectivity index (χ1) is 29.8. The van der Waals surface area contributed by atoms with Gasteiger partial charge in [0.05, 0.1) is 28.1 Å². The largest absolute Gasteiger partial charge is 0.309 e. The minimum absolute atomic E-state index is 1.10. The molecule has 0 unspecified atom stereocenters. The van der Waals surface area contributed by atoms with E-state index >= 15 is 0 Å². The Morgan fingerprint density at radius 3 is 1.70 bits per heavy atom. The van der Waals surface area contributed by atoms with Gasteiger partial charge in [0.1, 0.15) is 0 Å². The maximum Gasteiger partial charge on any atom is 0.0548 e. The highest BCUT2D eigenvalue weighted by molar-refractivity contribution is 6.25. The molecular weight excluding hydrogens is 725 g/mol. The number of nitrogens with zero attached hydrogens (tertiary/aromatic N) is 2. The van der Waals surface area contributed by atoms with E-state index in [2.05, 4.69) is 240 Å². The van der Waals surface area contributed by atoms with Crippen LogP contribution in [0.3, 0.4) is 0 Å². The number of hydrogen-bond donors (Lipinski definition) is 0. The second-order valence-corrected chi connectivity index (χ2v) is 15.6. The van der Waals surface area contributed by atoms with Crippen molar-refractivity contribution in [2.24, 2.45) is 0 Å². The number of benzene rings is 11. The quantitative estimate of drug-likeness (QED) is 0.153. The fraction of sp³-hybridized carbons (Fsp3) is 0. The number of aromatic nitrogens is 1. The standard InChI is InChI=1S/C58H38N2/c1-3-16-39(17-4-1)40-32-35-44(36-33-40)59(56-38-43-20-7-8-22-45(43)47-23-9-10-24-48(47)56)52-30-14-28-50-49(52)27-15-31-53(50)60-54-29-12-11-25-51(54)58-55(60)37-34-42-21-13-26-46(57(42)58)41-18-5-2-6-19-41/h1-38H. The molecule has 1 aromatic heterocycles. The van der Waals surface area contributed by atoms with Crippen molar-refractivity contribution in [3.8, 4) is 27.9 Å². The van der Waals surface area contributed by atoms with Gasteiger partial charge in [-0.05, 0) is 91.6 Å². The monoisotopic (exact) mass is 762 g/mol. The molecule has 12 rings (SSSR count). The van der Waals surface area contributed by atoms with Crippen LogP contribution < -0.4 is 4.90 Å². The molecule has 0 aliphatic heterocycles. The third kappa shape index (κ3) is 5.35. The van der Waals surface area contributed by atoms with Crippen LogP contribution in [0.2, 0.25) is 0 Å². The minimum Gasteiger partial charge on any atom is -0.309 e. The molecule has 1 heterocycles. The van der Waals surface area contributed by atoms with Gasteiger partial charge in [-0.25, -0.2) is 0 Å². The van der Waals surface area contributed by atoms with Gasteiger partial charge in [0, 0.05) is 32.6 Å². The first kappa shape index (κ1) is 34.1. The highest BCUT2D eigenvalue weighted by Crippen LogP contribution is 2.47. The second-order valence-electron chi connectivity index (χ2n) is 15.6. The molecule has 60 heavy (non-hydrogen) atoms. The summed E-state index contributed by atoms with van der Waals surface area (Å²) in [5.74, 6) is 0. The first-order valence-corrected chi connectivity index (χ1v) is 20.7. The van der Waals surface area contributed by atoms with E-state index in [0.29, 0.717) is 0 Å². The SMILES string of the molecule is c1ccc(-c2ccc(N(c3cccc4c(-n5c6ccccc6c6c7c(-c8ccccc8)cccc7ccc65)cccc34)c3cc4ccccc4c4ccccc34)cc2)cc1. The van der Waals surface area contributed by atoms with Crippen molar-refractivity contribution >= 4 is 82.0 Å². The Kier molecular flexibility index (Phi) is 7.89. The molecular formula is C58H38N2. The number of hydrogen-bond acceptors (Lipinski definition) is 1. The van der Waals surface area contributed by atoms with Crippen molar-refractivity contribution in [3.05, 3.63) is 231 Å². The molecule has 0 amide bonds. The number of para-hydroxylation sites is 1. The Balaban J connectivity index is 1.13. The normalized spacial score (nSPS) is 11.7. The van der Waals surface area contributed by atoms with Gasteiger partial charge in [-0.1, -0.05) is 188 Å². The zero-order valence-corrected chi connectivity index (χ0v) is 32.8. The average molecular weight is 763 g/mol. The lowest BCUT2D eigenvalue weighted by molar-refractivity contribution is 1.20. The molecule has 0 fully saturated rings. The van der Waals surface area contributed by atoms with E-state index in [4.69, 9.17) is 0 Å². The van der Waals surface area contributed by atoms with E-state index in [1.807, 2.05) is 0 Å². The van der Waals surface area contributed by atoms with Crippen LogP contribution in [-0.2, 0) is 0 Å². The Bertz CT molecular complexity index is 3580. The van der Waals surface area contributed by atoms with E-state index in [0.717, 1.165) is 22.7 Å². The van der Waals surface area contributed by atoms with Gasteiger partial charge in [0.25, 0.3) is 0 Å². The maximum atomic E-state index is 2.49. The number of fused-ring (bicyclic) bond motifs is 9. The lowest BCUT2D eigenvalue weighted by Crippen LogP contribution is -2.11. The van der Waals surface area contributed by atoms with Crippen LogP contribution >= 0.6 is 0 Å². The van der Waals surface area contributed by atoms with Gasteiger partial charge in [0.15, 0.2) is 0 Å². The number of rotatable bonds is 6. The summed E-state index contributed by atoms with van der Waals surface area (Å²) in [6.07, 6.45) is 0. The molecule has 11 aromatic carbocycles. The molecule has 0 radical (unpaired) electrons. The highest BCUT2D eigenvalue weighted by atomic mass is 15.1. The molecule has 0 N–H and O–H groups in total. The van der Waals surface area contributed by atoms with Crippen LogP contribution in [0.4, 0.5) is 17.1 Å². The van der Waals surface area contributed by atoms with E-state index < -0.39 is 0 Å². The molecule has 0 saturated heterocycles. The third-order valence-corrected chi connectivity index (χ3v) is 12.3. The third-order valence-electron chi connectivity index (χ3n) is 12.3. The van der Waals surface area contributed by atoms with Gasteiger partial charge in [-0.2, -0.15) is 0 Å². The molecule has 2 nitrogen and oxygen atoms in total. The summed E-state index contributed by atoms with van der Waals surface area (Å²) in [5.41, 5.74) is 11.8. The summed E-state index contributed by atoms with van der Waals surface area (Å²) in [6, 6.07) is 84.3. The van der Waals surface area contributed by atoms with Gasteiger partial charge in [0.2, 0.25) is 0 Å². The zero-order valence-electron chi connectivity index (χ0n) is 32.8. The minimum atomic E-state index is 1.10. The second kappa shape index (κ2) is 13.9. The molecule has 0 atom stereocenters. The Morgan fingerprint density at radius 1 is 0.300 bits per heavy atom. The summed E-state index contributed by atoms with van der Waals surface area (Å²) >= 11 is 0.